The molecule has 0 spiro atoms. The first kappa shape index (κ1) is 13.8. The summed E-state index contributed by atoms with van der Waals surface area (Å²) in [6.07, 6.45) is -0.344. The molecule has 0 atom stereocenters. The minimum Gasteiger partial charge on any atom is -0.299 e. The molecule has 0 unspecified atom stereocenters. The smallest absolute Gasteiger partial charge is 0.299 e. The van der Waals surface area contributed by atoms with Gasteiger partial charge in [-0.05, 0) is 0 Å². The number of Topliss-reactive ketones (excluding diaryl/α,β-unsaturated/α-hetero) is 2. The lowest BCUT2D eigenvalue weighted by molar-refractivity contribution is -0.143. The van der Waals surface area contributed by atoms with E-state index in [-0.39, 0.29) is 12.2 Å². The summed E-state index contributed by atoms with van der Waals surface area (Å²) in [4.78, 5) is 33.9. The zero-order valence-electron chi connectivity index (χ0n) is 9.88. The van der Waals surface area contributed by atoms with E-state index in [2.05, 4.69) is 5.43 Å². The van der Waals surface area contributed by atoms with Gasteiger partial charge in [-0.25, -0.2) is 5.01 Å². The Labute approximate surface area is 89.8 Å². The molecule has 0 radical (unpaired) electrons. The second-order valence-corrected chi connectivity index (χ2v) is 4.61. The fourth-order valence-electron chi connectivity index (χ4n) is 0.757. The molecule has 1 N–H and O–H groups in total. The first-order valence-corrected chi connectivity index (χ1v) is 4.69. The Morgan fingerprint density at radius 1 is 1.13 bits per heavy atom. The third-order valence-electron chi connectivity index (χ3n) is 1.74. The van der Waals surface area contributed by atoms with E-state index in [9.17, 15) is 14.4 Å². The molecule has 5 heteroatoms. The van der Waals surface area contributed by atoms with Crippen molar-refractivity contribution >= 4 is 17.5 Å². The highest BCUT2D eigenvalue weighted by molar-refractivity contribution is 6.39. The van der Waals surface area contributed by atoms with Crippen molar-refractivity contribution in [2.75, 3.05) is 14.1 Å². The van der Waals surface area contributed by atoms with Gasteiger partial charge in [-0.1, -0.05) is 20.8 Å². The van der Waals surface area contributed by atoms with E-state index in [1.807, 2.05) is 0 Å². The lowest BCUT2D eigenvalue weighted by Crippen LogP contribution is -2.41. The monoisotopic (exact) mass is 214 g/mol. The van der Waals surface area contributed by atoms with Gasteiger partial charge in [-0.3, -0.25) is 19.8 Å². The summed E-state index contributed by atoms with van der Waals surface area (Å²) >= 11 is 0. The van der Waals surface area contributed by atoms with Crippen LogP contribution in [0.4, 0.5) is 0 Å². The number of nitrogens with one attached hydrogen (secondary N) is 1. The van der Waals surface area contributed by atoms with E-state index in [1.165, 1.54) is 5.01 Å². The van der Waals surface area contributed by atoms with Gasteiger partial charge in [0.15, 0.2) is 0 Å². The molecule has 0 saturated heterocycles. The van der Waals surface area contributed by atoms with Crippen LogP contribution >= 0.6 is 0 Å². The van der Waals surface area contributed by atoms with Crippen LogP contribution < -0.4 is 5.43 Å². The molecule has 0 heterocycles. The van der Waals surface area contributed by atoms with Crippen LogP contribution in [0.2, 0.25) is 0 Å². The molecular formula is C10H18N2O3. The standard InChI is InChI=1S/C10H18N2O3/c1-10(2,3)8(14)6-7(13)9(15)11-12(4)5/h6H2,1-5H3,(H,11,15). The minimum atomic E-state index is -0.752. The van der Waals surface area contributed by atoms with Crippen LogP contribution in [0.5, 0.6) is 0 Å². The Kier molecular flexibility index (Phi) is 4.61. The van der Waals surface area contributed by atoms with Crippen LogP contribution in [0.1, 0.15) is 27.2 Å². The molecular weight excluding hydrogens is 196 g/mol. The summed E-state index contributed by atoms with van der Waals surface area (Å²) in [5, 5.41) is 1.36. The lowest BCUT2D eigenvalue weighted by Gasteiger charge is -2.16. The van der Waals surface area contributed by atoms with Crippen LogP contribution in [0.3, 0.4) is 0 Å². The van der Waals surface area contributed by atoms with Crippen molar-refractivity contribution in [3.8, 4) is 0 Å². The third kappa shape index (κ3) is 5.27. The number of carbonyl (C=O) groups is 3. The van der Waals surface area contributed by atoms with Gasteiger partial charge in [0, 0.05) is 19.5 Å². The number of nitrogens with zero attached hydrogens (tertiary/aromatic N) is 1. The zero-order chi connectivity index (χ0) is 12.2. The number of hydrazine groups is 1. The van der Waals surface area contributed by atoms with Gasteiger partial charge in [0.2, 0.25) is 5.78 Å². The summed E-state index contributed by atoms with van der Waals surface area (Å²) in [5.74, 6) is -1.69. The number of ketones is 2. The molecule has 86 valence electrons. The second-order valence-electron chi connectivity index (χ2n) is 4.61. The van der Waals surface area contributed by atoms with Crippen LogP contribution in [0.25, 0.3) is 0 Å². The van der Waals surface area contributed by atoms with Gasteiger partial charge in [0.25, 0.3) is 0 Å². The summed E-state index contributed by atoms with van der Waals surface area (Å²) in [6, 6.07) is 0. The zero-order valence-corrected chi connectivity index (χ0v) is 9.88. The molecule has 0 aromatic carbocycles. The Bertz CT molecular complexity index is 277. The fourth-order valence-corrected chi connectivity index (χ4v) is 0.757. The fraction of sp³-hybridized carbons (Fsp3) is 0.700. The van der Waals surface area contributed by atoms with Crippen molar-refractivity contribution in [3.05, 3.63) is 0 Å². The topological polar surface area (TPSA) is 66.5 Å². The predicted molar refractivity (Wildman–Crippen MR) is 55.9 cm³/mol. The van der Waals surface area contributed by atoms with E-state index in [4.69, 9.17) is 0 Å². The molecule has 0 aromatic heterocycles. The second kappa shape index (κ2) is 5.02. The summed E-state index contributed by atoms with van der Waals surface area (Å²) in [7, 11) is 3.19. The van der Waals surface area contributed by atoms with Crippen molar-refractivity contribution < 1.29 is 14.4 Å². The molecule has 5 nitrogen and oxygen atoms in total. The molecule has 15 heavy (non-hydrogen) atoms. The van der Waals surface area contributed by atoms with Crippen molar-refractivity contribution in [2.45, 2.75) is 27.2 Å². The summed E-state index contributed by atoms with van der Waals surface area (Å²) in [6.45, 7) is 5.14. The van der Waals surface area contributed by atoms with Gasteiger partial charge in [0.1, 0.15) is 5.78 Å². The van der Waals surface area contributed by atoms with Gasteiger partial charge < -0.3 is 0 Å². The molecule has 0 rings (SSSR count). The maximum atomic E-state index is 11.5. The summed E-state index contributed by atoms with van der Waals surface area (Å²) < 4.78 is 0. The molecule has 0 bridgehead atoms. The first-order valence-electron chi connectivity index (χ1n) is 4.69. The van der Waals surface area contributed by atoms with Gasteiger partial charge in [0.05, 0.1) is 6.42 Å². The van der Waals surface area contributed by atoms with E-state index in [1.54, 1.807) is 34.9 Å². The van der Waals surface area contributed by atoms with Crippen LogP contribution in [0, 0.1) is 5.41 Å². The average Bonchev–Trinajstić information content (AvgIpc) is 2.00. The highest BCUT2D eigenvalue weighted by Crippen LogP contribution is 2.16. The number of hydrogen-bond acceptors (Lipinski definition) is 4. The van der Waals surface area contributed by atoms with E-state index < -0.39 is 17.1 Å². The SMILES string of the molecule is CN(C)NC(=O)C(=O)CC(=O)C(C)(C)C. The van der Waals surface area contributed by atoms with E-state index in [0.717, 1.165) is 0 Å². The number of carbonyl (C=O) groups excluding carboxylic acids is 3. The molecule has 0 aliphatic carbocycles. The number of hydrogen-bond donors (Lipinski definition) is 1. The van der Waals surface area contributed by atoms with Gasteiger partial charge in [-0.15, -0.1) is 0 Å². The average molecular weight is 214 g/mol. The molecule has 0 saturated carbocycles. The third-order valence-corrected chi connectivity index (χ3v) is 1.74. The molecule has 1 amide bonds. The highest BCUT2D eigenvalue weighted by atomic mass is 16.2. The number of rotatable bonds is 4. The first-order chi connectivity index (χ1) is 6.64. The maximum absolute atomic E-state index is 11.5. The highest BCUT2D eigenvalue weighted by Gasteiger charge is 2.26. The maximum Gasteiger partial charge on any atom is 0.302 e. The Balaban J connectivity index is 4.27. The van der Waals surface area contributed by atoms with Crippen molar-refractivity contribution in [1.29, 1.82) is 0 Å². The van der Waals surface area contributed by atoms with Crippen LogP contribution in [0.15, 0.2) is 0 Å². The molecule has 0 aliphatic rings. The van der Waals surface area contributed by atoms with E-state index in [0.29, 0.717) is 0 Å². The van der Waals surface area contributed by atoms with Crippen LogP contribution in [-0.2, 0) is 14.4 Å². The number of amides is 1. The van der Waals surface area contributed by atoms with E-state index >= 15 is 0 Å². The summed E-state index contributed by atoms with van der Waals surface area (Å²) in [5.41, 5.74) is 1.70. The normalized spacial score (nSPS) is 11.3. The van der Waals surface area contributed by atoms with Gasteiger partial charge in [-0.2, -0.15) is 0 Å². The quantitative estimate of drug-likeness (QED) is 0.411. The van der Waals surface area contributed by atoms with Crippen molar-refractivity contribution in [3.63, 3.8) is 0 Å². The van der Waals surface area contributed by atoms with Crippen molar-refractivity contribution in [1.82, 2.24) is 10.4 Å². The van der Waals surface area contributed by atoms with Crippen LogP contribution in [-0.4, -0.2) is 36.6 Å². The Morgan fingerprint density at radius 2 is 1.60 bits per heavy atom. The lowest BCUT2D eigenvalue weighted by atomic mass is 9.88. The molecule has 0 fully saturated rings. The largest absolute Gasteiger partial charge is 0.302 e. The van der Waals surface area contributed by atoms with Gasteiger partial charge >= 0.3 is 5.91 Å². The predicted octanol–water partition coefficient (Wildman–Crippen LogP) is 0.154. The Morgan fingerprint density at radius 3 is 1.93 bits per heavy atom. The molecule has 0 aliphatic heterocycles. The Hall–Kier alpha value is -1.23. The van der Waals surface area contributed by atoms with Crippen molar-refractivity contribution in [2.24, 2.45) is 5.41 Å². The molecule has 0 aromatic rings. The minimum absolute atomic E-state index is 0.235.